The molecule has 1 aliphatic heterocycles. The van der Waals surface area contributed by atoms with Crippen LogP contribution >= 0.6 is 0 Å². The Hall–Kier alpha value is -1.06. The van der Waals surface area contributed by atoms with Crippen LogP contribution in [0.15, 0.2) is 0 Å². The molecule has 1 heterocycles. The van der Waals surface area contributed by atoms with Crippen molar-refractivity contribution >= 4 is 11.8 Å². The topological polar surface area (TPSA) is 49.4 Å². The third-order valence-corrected chi connectivity index (χ3v) is 4.85. The number of rotatable bonds is 4. The van der Waals surface area contributed by atoms with Crippen molar-refractivity contribution in [2.75, 3.05) is 13.1 Å². The summed E-state index contributed by atoms with van der Waals surface area (Å²) in [4.78, 5) is 25.8. The lowest BCUT2D eigenvalue weighted by Gasteiger charge is -2.34. The minimum Gasteiger partial charge on any atom is -0.342 e. The maximum Gasteiger partial charge on any atom is 0.245 e. The Kier molecular flexibility index (Phi) is 3.76. The second-order valence-corrected chi connectivity index (χ2v) is 6.44. The summed E-state index contributed by atoms with van der Waals surface area (Å²) in [5.41, 5.74) is 0. The zero-order valence-electron chi connectivity index (χ0n) is 11.6. The van der Waals surface area contributed by atoms with Crippen molar-refractivity contribution < 1.29 is 9.59 Å². The zero-order chi connectivity index (χ0) is 13.2. The first-order valence-corrected chi connectivity index (χ1v) is 7.82. The summed E-state index contributed by atoms with van der Waals surface area (Å²) in [7, 11) is 0. The van der Waals surface area contributed by atoms with Gasteiger partial charge in [0, 0.05) is 6.54 Å². The number of nitrogens with zero attached hydrogens (tertiary/aromatic N) is 1. The molecule has 0 radical (unpaired) electrons. The average molecular weight is 264 g/mol. The van der Waals surface area contributed by atoms with Crippen LogP contribution < -0.4 is 5.32 Å². The molecular formula is C15H24N2O2. The van der Waals surface area contributed by atoms with Gasteiger partial charge in [0.15, 0.2) is 0 Å². The highest BCUT2D eigenvalue weighted by Crippen LogP contribution is 2.34. The van der Waals surface area contributed by atoms with E-state index in [1.54, 1.807) is 4.90 Å². The van der Waals surface area contributed by atoms with Crippen LogP contribution in [0.5, 0.6) is 0 Å². The van der Waals surface area contributed by atoms with Crippen molar-refractivity contribution in [1.82, 2.24) is 10.2 Å². The molecule has 3 fully saturated rings. The van der Waals surface area contributed by atoms with Crippen molar-refractivity contribution in [1.29, 1.82) is 0 Å². The molecule has 0 aromatic heterocycles. The van der Waals surface area contributed by atoms with E-state index in [0.717, 1.165) is 31.7 Å². The normalized spacial score (nSPS) is 29.5. The third kappa shape index (κ3) is 3.10. The highest BCUT2D eigenvalue weighted by molar-refractivity contribution is 5.95. The van der Waals surface area contributed by atoms with Gasteiger partial charge in [0.05, 0.1) is 6.54 Å². The van der Waals surface area contributed by atoms with E-state index in [-0.39, 0.29) is 24.4 Å². The van der Waals surface area contributed by atoms with Crippen LogP contribution in [0.25, 0.3) is 0 Å². The summed E-state index contributed by atoms with van der Waals surface area (Å²) < 4.78 is 0. The maximum atomic E-state index is 12.3. The number of hydrogen-bond donors (Lipinski definition) is 1. The highest BCUT2D eigenvalue weighted by atomic mass is 16.2. The molecule has 0 bridgehead atoms. The lowest BCUT2D eigenvalue weighted by molar-refractivity contribution is -0.145. The molecule has 2 amide bonds. The smallest absolute Gasteiger partial charge is 0.245 e. The zero-order valence-corrected chi connectivity index (χ0v) is 11.6. The predicted molar refractivity (Wildman–Crippen MR) is 72.4 cm³/mol. The molecule has 1 saturated heterocycles. The Morgan fingerprint density at radius 1 is 1.05 bits per heavy atom. The van der Waals surface area contributed by atoms with Crippen LogP contribution in [0.3, 0.4) is 0 Å². The molecule has 2 aliphatic carbocycles. The van der Waals surface area contributed by atoms with Crippen LogP contribution in [0, 0.1) is 11.8 Å². The summed E-state index contributed by atoms with van der Waals surface area (Å²) in [5, 5.41) is 2.87. The van der Waals surface area contributed by atoms with Crippen LogP contribution in [-0.2, 0) is 9.59 Å². The Bertz CT molecular complexity index is 359. The summed E-state index contributed by atoms with van der Waals surface area (Å²) in [5.74, 6) is 1.37. The molecule has 1 unspecified atom stereocenters. The average Bonchev–Trinajstić information content (AvgIpc) is 3.25. The van der Waals surface area contributed by atoms with E-state index in [9.17, 15) is 9.59 Å². The first kappa shape index (κ1) is 12.9. The number of nitrogens with one attached hydrogen (secondary N) is 1. The van der Waals surface area contributed by atoms with E-state index >= 15 is 0 Å². The summed E-state index contributed by atoms with van der Waals surface area (Å²) in [6.45, 7) is 1.05. The fourth-order valence-electron chi connectivity index (χ4n) is 3.48. The van der Waals surface area contributed by atoms with E-state index in [0.29, 0.717) is 5.92 Å². The van der Waals surface area contributed by atoms with Gasteiger partial charge in [0.25, 0.3) is 0 Å². The molecule has 19 heavy (non-hydrogen) atoms. The summed E-state index contributed by atoms with van der Waals surface area (Å²) in [6, 6.07) is -0.215. The van der Waals surface area contributed by atoms with Gasteiger partial charge >= 0.3 is 0 Å². The minimum atomic E-state index is -0.215. The highest BCUT2D eigenvalue weighted by Gasteiger charge is 2.42. The number of carbonyl (C=O) groups excluding carboxylic acids is 2. The van der Waals surface area contributed by atoms with Gasteiger partial charge in [-0.1, -0.05) is 32.1 Å². The lowest BCUT2D eigenvalue weighted by Crippen LogP contribution is -2.59. The van der Waals surface area contributed by atoms with Crippen LogP contribution in [-0.4, -0.2) is 35.8 Å². The lowest BCUT2D eigenvalue weighted by atomic mass is 9.87. The van der Waals surface area contributed by atoms with Gasteiger partial charge in [-0.2, -0.15) is 0 Å². The van der Waals surface area contributed by atoms with Crippen LogP contribution in [0.4, 0.5) is 0 Å². The molecule has 0 aromatic rings. The maximum absolute atomic E-state index is 12.3. The van der Waals surface area contributed by atoms with Gasteiger partial charge in [0.2, 0.25) is 11.8 Å². The standard InChI is InChI=1S/C15H24N2O2/c18-13-10-17(9-8-11-4-2-1-3-5-11)15(19)14(16-13)12-6-7-12/h11-12,14H,1-10H2,(H,16,18). The molecular weight excluding hydrogens is 240 g/mol. The largest absolute Gasteiger partial charge is 0.342 e. The van der Waals surface area contributed by atoms with E-state index in [2.05, 4.69) is 5.32 Å². The molecule has 1 N–H and O–H groups in total. The van der Waals surface area contributed by atoms with Gasteiger partial charge in [-0.15, -0.1) is 0 Å². The van der Waals surface area contributed by atoms with E-state index in [1.165, 1.54) is 32.1 Å². The van der Waals surface area contributed by atoms with Crippen LogP contribution in [0.1, 0.15) is 51.4 Å². The molecule has 4 nitrogen and oxygen atoms in total. The molecule has 2 saturated carbocycles. The molecule has 1 atom stereocenters. The van der Waals surface area contributed by atoms with E-state index in [4.69, 9.17) is 0 Å². The van der Waals surface area contributed by atoms with E-state index < -0.39 is 0 Å². The number of carbonyl (C=O) groups is 2. The predicted octanol–water partition coefficient (Wildman–Crippen LogP) is 1.69. The molecule has 0 aromatic carbocycles. The SMILES string of the molecule is O=C1CN(CCC2CCCCC2)C(=O)C(C2CC2)N1. The van der Waals surface area contributed by atoms with Crippen molar-refractivity contribution in [2.24, 2.45) is 11.8 Å². The summed E-state index contributed by atoms with van der Waals surface area (Å²) >= 11 is 0. The second-order valence-electron chi connectivity index (χ2n) is 6.44. The number of hydrogen-bond acceptors (Lipinski definition) is 2. The number of piperazine rings is 1. The van der Waals surface area contributed by atoms with Crippen molar-refractivity contribution in [3.05, 3.63) is 0 Å². The number of amides is 2. The van der Waals surface area contributed by atoms with Crippen LogP contribution in [0.2, 0.25) is 0 Å². The Morgan fingerprint density at radius 2 is 1.79 bits per heavy atom. The van der Waals surface area contributed by atoms with Gasteiger partial charge in [0.1, 0.15) is 6.04 Å². The Morgan fingerprint density at radius 3 is 2.47 bits per heavy atom. The third-order valence-electron chi connectivity index (χ3n) is 4.85. The molecule has 106 valence electrons. The monoisotopic (exact) mass is 264 g/mol. The van der Waals surface area contributed by atoms with Gasteiger partial charge in [-0.25, -0.2) is 0 Å². The Balaban J connectivity index is 1.53. The van der Waals surface area contributed by atoms with E-state index in [1.807, 2.05) is 0 Å². The molecule has 3 aliphatic rings. The van der Waals surface area contributed by atoms with Crippen molar-refractivity contribution in [3.63, 3.8) is 0 Å². The van der Waals surface area contributed by atoms with Gasteiger partial charge in [-0.05, 0) is 31.1 Å². The molecule has 3 rings (SSSR count). The van der Waals surface area contributed by atoms with Gasteiger partial charge in [-0.3, -0.25) is 9.59 Å². The first-order valence-electron chi connectivity index (χ1n) is 7.82. The quantitative estimate of drug-likeness (QED) is 0.840. The van der Waals surface area contributed by atoms with Crippen molar-refractivity contribution in [3.8, 4) is 0 Å². The summed E-state index contributed by atoms with van der Waals surface area (Å²) in [6.07, 6.45) is 9.91. The van der Waals surface area contributed by atoms with Crippen molar-refractivity contribution in [2.45, 2.75) is 57.4 Å². The second kappa shape index (κ2) is 5.51. The molecule has 4 heteroatoms. The van der Waals surface area contributed by atoms with Gasteiger partial charge < -0.3 is 10.2 Å². The fourth-order valence-corrected chi connectivity index (χ4v) is 3.48. The minimum absolute atomic E-state index is 0.0279. The fraction of sp³-hybridized carbons (Fsp3) is 0.867. The first-order chi connectivity index (χ1) is 9.24. The molecule has 0 spiro atoms. The Labute approximate surface area is 114 Å².